The zero-order chi connectivity index (χ0) is 18.9. The Labute approximate surface area is 153 Å². The summed E-state index contributed by atoms with van der Waals surface area (Å²) in [7, 11) is -2.17. The molecule has 1 saturated heterocycles. The molecule has 1 heterocycles. The number of hydrogen-bond donors (Lipinski definition) is 0. The quantitative estimate of drug-likeness (QED) is 0.819. The first-order valence-electron chi connectivity index (χ1n) is 8.36. The van der Waals surface area contributed by atoms with E-state index in [0.29, 0.717) is 16.9 Å². The molecule has 1 aliphatic rings. The Morgan fingerprint density at radius 3 is 2.62 bits per heavy atom. The molecule has 1 fully saturated rings. The van der Waals surface area contributed by atoms with Crippen molar-refractivity contribution in [1.29, 1.82) is 0 Å². The number of hydrogen-bond acceptors (Lipinski definition) is 4. The summed E-state index contributed by atoms with van der Waals surface area (Å²) in [6, 6.07) is 9.63. The molecule has 1 unspecified atom stereocenters. The molecule has 0 bridgehead atoms. The summed E-state index contributed by atoms with van der Waals surface area (Å²) in [5, 5.41) is 0. The second-order valence-electron chi connectivity index (χ2n) is 6.33. The van der Waals surface area contributed by atoms with Crippen LogP contribution in [0.5, 0.6) is 5.75 Å². The summed E-state index contributed by atoms with van der Waals surface area (Å²) < 4.78 is 52.6. The minimum Gasteiger partial charge on any atom is -0.496 e. The number of halogens is 1. The van der Waals surface area contributed by atoms with Gasteiger partial charge in [-0.05, 0) is 43.2 Å². The van der Waals surface area contributed by atoms with Gasteiger partial charge in [-0.15, -0.1) is 0 Å². The summed E-state index contributed by atoms with van der Waals surface area (Å²) in [4.78, 5) is 0.241. The molecule has 2 aromatic carbocycles. The van der Waals surface area contributed by atoms with Crippen LogP contribution in [0.25, 0.3) is 0 Å². The number of rotatable bonds is 4. The smallest absolute Gasteiger partial charge is 0.243 e. The second kappa shape index (κ2) is 7.34. The van der Waals surface area contributed by atoms with Crippen molar-refractivity contribution in [2.75, 3.05) is 26.8 Å². The molecule has 3 rings (SSSR count). The summed E-state index contributed by atoms with van der Waals surface area (Å²) in [6.07, 6.45) is -0.626. The molecule has 2 aromatic rings. The van der Waals surface area contributed by atoms with E-state index in [1.165, 1.54) is 10.4 Å². The predicted molar refractivity (Wildman–Crippen MR) is 96.3 cm³/mol. The normalized spacial score (nSPS) is 18.7. The maximum Gasteiger partial charge on any atom is 0.243 e. The fourth-order valence-electron chi connectivity index (χ4n) is 3.17. The maximum atomic E-state index is 14.1. The van der Waals surface area contributed by atoms with Gasteiger partial charge in [0, 0.05) is 18.7 Å². The number of nitrogens with zero attached hydrogens (tertiary/aromatic N) is 1. The van der Waals surface area contributed by atoms with Gasteiger partial charge >= 0.3 is 0 Å². The first kappa shape index (κ1) is 18.8. The Hall–Kier alpha value is -1.96. The molecule has 140 valence electrons. The van der Waals surface area contributed by atoms with Crippen LogP contribution in [-0.2, 0) is 14.8 Å². The fraction of sp³-hybridized carbons (Fsp3) is 0.368. The molecular formula is C19H22FNO4S. The van der Waals surface area contributed by atoms with E-state index in [1.54, 1.807) is 51.3 Å². The largest absolute Gasteiger partial charge is 0.496 e. The summed E-state index contributed by atoms with van der Waals surface area (Å²) in [5.41, 5.74) is 1.73. The molecule has 7 heteroatoms. The van der Waals surface area contributed by atoms with E-state index in [9.17, 15) is 12.8 Å². The number of sulfonamides is 1. The van der Waals surface area contributed by atoms with Gasteiger partial charge < -0.3 is 9.47 Å². The van der Waals surface area contributed by atoms with Crippen LogP contribution in [0.15, 0.2) is 41.3 Å². The van der Waals surface area contributed by atoms with Crippen molar-refractivity contribution in [1.82, 2.24) is 4.31 Å². The summed E-state index contributed by atoms with van der Waals surface area (Å²) in [5.74, 6) is 0.251. The first-order chi connectivity index (χ1) is 12.3. The van der Waals surface area contributed by atoms with Crippen molar-refractivity contribution in [3.63, 3.8) is 0 Å². The average Bonchev–Trinajstić information content (AvgIpc) is 2.63. The topological polar surface area (TPSA) is 55.8 Å². The van der Waals surface area contributed by atoms with Crippen molar-refractivity contribution < 1.29 is 22.3 Å². The maximum absolute atomic E-state index is 14.1. The molecule has 0 N–H and O–H groups in total. The van der Waals surface area contributed by atoms with Crippen LogP contribution < -0.4 is 4.74 Å². The van der Waals surface area contributed by atoms with E-state index in [-0.39, 0.29) is 24.6 Å². The minimum atomic E-state index is -3.72. The lowest BCUT2D eigenvalue weighted by Gasteiger charge is -2.33. The van der Waals surface area contributed by atoms with Gasteiger partial charge in [-0.25, -0.2) is 12.8 Å². The Kier molecular flexibility index (Phi) is 5.32. The Balaban J connectivity index is 1.93. The highest BCUT2D eigenvalue weighted by Crippen LogP contribution is 2.31. The molecular weight excluding hydrogens is 357 g/mol. The van der Waals surface area contributed by atoms with Crippen LogP contribution in [0, 0.1) is 19.7 Å². The number of benzene rings is 2. The monoisotopic (exact) mass is 379 g/mol. The van der Waals surface area contributed by atoms with Crippen LogP contribution in [0.4, 0.5) is 4.39 Å². The second-order valence-corrected chi connectivity index (χ2v) is 8.24. The molecule has 0 aliphatic carbocycles. The SMILES string of the molecule is COc1cc(C)c(S(=O)(=O)N2CCOC(c3ccccc3F)C2)cc1C. The molecule has 0 aromatic heterocycles. The molecule has 0 radical (unpaired) electrons. The number of ether oxygens (including phenoxy) is 2. The third-order valence-electron chi connectivity index (χ3n) is 4.59. The standard InChI is InChI=1S/C19H22FNO4S/c1-13-11-19(14(2)10-17(13)24-3)26(22,23)21-8-9-25-18(12-21)15-6-4-5-7-16(15)20/h4-7,10-11,18H,8-9,12H2,1-3H3. The van der Waals surface area contributed by atoms with Crippen molar-refractivity contribution in [3.05, 3.63) is 58.9 Å². The Morgan fingerprint density at radius 2 is 1.92 bits per heavy atom. The van der Waals surface area contributed by atoms with Gasteiger partial charge in [-0.2, -0.15) is 4.31 Å². The lowest BCUT2D eigenvalue weighted by atomic mass is 10.1. The van der Waals surface area contributed by atoms with Crippen LogP contribution >= 0.6 is 0 Å². The van der Waals surface area contributed by atoms with Crippen molar-refractivity contribution in [2.24, 2.45) is 0 Å². The molecule has 0 spiro atoms. The van der Waals surface area contributed by atoms with E-state index in [2.05, 4.69) is 0 Å². The van der Waals surface area contributed by atoms with Crippen LogP contribution in [0.3, 0.4) is 0 Å². The molecule has 1 atom stereocenters. The highest BCUT2D eigenvalue weighted by molar-refractivity contribution is 7.89. The molecule has 0 saturated carbocycles. The van der Waals surface area contributed by atoms with E-state index in [0.717, 1.165) is 5.56 Å². The van der Waals surface area contributed by atoms with Gasteiger partial charge in [-0.1, -0.05) is 18.2 Å². The molecule has 0 amide bonds. The molecule has 1 aliphatic heterocycles. The van der Waals surface area contributed by atoms with Gasteiger partial charge in [0.1, 0.15) is 11.6 Å². The van der Waals surface area contributed by atoms with E-state index < -0.39 is 21.9 Å². The highest BCUT2D eigenvalue weighted by Gasteiger charge is 2.33. The lowest BCUT2D eigenvalue weighted by Crippen LogP contribution is -2.42. The Morgan fingerprint density at radius 1 is 1.19 bits per heavy atom. The van der Waals surface area contributed by atoms with E-state index in [1.807, 2.05) is 0 Å². The fourth-order valence-corrected chi connectivity index (χ4v) is 4.88. The minimum absolute atomic E-state index is 0.0772. The van der Waals surface area contributed by atoms with Crippen LogP contribution in [0.1, 0.15) is 22.8 Å². The van der Waals surface area contributed by atoms with Crippen molar-refractivity contribution in [2.45, 2.75) is 24.8 Å². The predicted octanol–water partition coefficient (Wildman–Crippen LogP) is 3.21. The van der Waals surface area contributed by atoms with Crippen molar-refractivity contribution in [3.8, 4) is 5.75 Å². The number of methoxy groups -OCH3 is 1. The van der Waals surface area contributed by atoms with Gasteiger partial charge in [0.2, 0.25) is 10.0 Å². The summed E-state index contributed by atoms with van der Waals surface area (Å²) >= 11 is 0. The zero-order valence-corrected chi connectivity index (χ0v) is 15.8. The van der Waals surface area contributed by atoms with Gasteiger partial charge in [0.15, 0.2) is 0 Å². The van der Waals surface area contributed by atoms with Gasteiger partial charge in [0.25, 0.3) is 0 Å². The Bertz CT molecular complexity index is 914. The van der Waals surface area contributed by atoms with Gasteiger partial charge in [-0.3, -0.25) is 0 Å². The first-order valence-corrected chi connectivity index (χ1v) is 9.80. The third kappa shape index (κ3) is 3.47. The van der Waals surface area contributed by atoms with Crippen molar-refractivity contribution >= 4 is 10.0 Å². The van der Waals surface area contributed by atoms with E-state index in [4.69, 9.17) is 9.47 Å². The number of aryl methyl sites for hydroxylation is 2. The summed E-state index contributed by atoms with van der Waals surface area (Å²) in [6.45, 7) is 4.07. The molecule has 5 nitrogen and oxygen atoms in total. The van der Waals surface area contributed by atoms with Gasteiger partial charge in [0.05, 0.1) is 24.7 Å². The molecule has 26 heavy (non-hydrogen) atoms. The average molecular weight is 379 g/mol. The zero-order valence-electron chi connectivity index (χ0n) is 15.0. The third-order valence-corrected chi connectivity index (χ3v) is 6.60. The van der Waals surface area contributed by atoms with Crippen LogP contribution in [0.2, 0.25) is 0 Å². The number of morpholine rings is 1. The lowest BCUT2D eigenvalue weighted by molar-refractivity contribution is -0.00444. The van der Waals surface area contributed by atoms with E-state index >= 15 is 0 Å². The highest BCUT2D eigenvalue weighted by atomic mass is 32.2. The van der Waals surface area contributed by atoms with Crippen LogP contribution in [-0.4, -0.2) is 39.5 Å².